The molecular formula is C24H21NO5S. The van der Waals surface area contributed by atoms with E-state index in [0.29, 0.717) is 22.6 Å². The highest BCUT2D eigenvalue weighted by Crippen LogP contribution is 2.21. The van der Waals surface area contributed by atoms with Crippen LogP contribution >= 0.6 is 11.8 Å². The first-order valence-electron chi connectivity index (χ1n) is 9.49. The topological polar surface area (TPSA) is 81.7 Å². The summed E-state index contributed by atoms with van der Waals surface area (Å²) < 4.78 is 10.6. The number of amides is 1. The Kier molecular flexibility index (Phi) is 7.84. The first-order valence-corrected chi connectivity index (χ1v) is 10.7. The van der Waals surface area contributed by atoms with Crippen molar-refractivity contribution in [2.45, 2.75) is 4.90 Å². The summed E-state index contributed by atoms with van der Waals surface area (Å²) >= 11 is 1.57. The Morgan fingerprint density at radius 3 is 2.06 bits per heavy atom. The summed E-state index contributed by atoms with van der Waals surface area (Å²) in [5.41, 5.74) is 0.839. The molecule has 0 spiro atoms. The van der Waals surface area contributed by atoms with Gasteiger partial charge in [0.25, 0.3) is 5.91 Å². The Morgan fingerprint density at radius 2 is 1.42 bits per heavy atom. The van der Waals surface area contributed by atoms with Crippen LogP contribution in [0.25, 0.3) is 0 Å². The lowest BCUT2D eigenvalue weighted by Gasteiger charge is -2.08. The average molecular weight is 436 g/mol. The van der Waals surface area contributed by atoms with Crippen LogP contribution in [-0.2, 0) is 9.53 Å². The molecular weight excluding hydrogens is 414 g/mol. The number of hydrogen-bond donors (Lipinski definition) is 1. The van der Waals surface area contributed by atoms with E-state index in [1.165, 1.54) is 0 Å². The summed E-state index contributed by atoms with van der Waals surface area (Å²) in [4.78, 5) is 37.2. The van der Waals surface area contributed by atoms with Crippen LogP contribution in [0.1, 0.15) is 20.7 Å². The molecule has 3 rings (SSSR count). The van der Waals surface area contributed by atoms with E-state index in [2.05, 4.69) is 5.32 Å². The molecule has 0 fully saturated rings. The number of thioether (sulfide) groups is 1. The van der Waals surface area contributed by atoms with E-state index < -0.39 is 11.9 Å². The molecule has 7 heteroatoms. The largest absolute Gasteiger partial charge is 0.457 e. The van der Waals surface area contributed by atoms with Crippen LogP contribution < -0.4 is 10.1 Å². The smallest absolute Gasteiger partial charge is 0.325 e. The fourth-order valence-corrected chi connectivity index (χ4v) is 3.02. The molecule has 0 saturated carbocycles. The van der Waals surface area contributed by atoms with Gasteiger partial charge < -0.3 is 14.8 Å². The number of para-hydroxylation sites is 1. The highest BCUT2D eigenvalue weighted by molar-refractivity contribution is 7.98. The Labute approximate surface area is 184 Å². The van der Waals surface area contributed by atoms with Crippen LogP contribution in [0.4, 0.5) is 0 Å². The number of benzene rings is 3. The fourth-order valence-electron chi connectivity index (χ4n) is 2.61. The molecule has 3 aromatic carbocycles. The van der Waals surface area contributed by atoms with Gasteiger partial charge in [-0.25, -0.2) is 0 Å². The molecule has 0 aliphatic heterocycles. The first kappa shape index (κ1) is 22.1. The molecule has 0 saturated heterocycles. The lowest BCUT2D eigenvalue weighted by atomic mass is 10.1. The average Bonchev–Trinajstić information content (AvgIpc) is 2.82. The molecule has 1 amide bonds. The van der Waals surface area contributed by atoms with Crippen molar-refractivity contribution in [1.29, 1.82) is 0 Å². The second kappa shape index (κ2) is 11.0. The van der Waals surface area contributed by atoms with Crippen molar-refractivity contribution in [3.05, 3.63) is 90.0 Å². The van der Waals surface area contributed by atoms with Crippen molar-refractivity contribution in [2.24, 2.45) is 0 Å². The van der Waals surface area contributed by atoms with Gasteiger partial charge in [-0.3, -0.25) is 14.4 Å². The summed E-state index contributed by atoms with van der Waals surface area (Å²) in [6.07, 6.45) is 1.94. The quantitative estimate of drug-likeness (QED) is 0.306. The minimum absolute atomic E-state index is 0.304. The Bertz CT molecular complexity index is 1030. The monoisotopic (exact) mass is 435 g/mol. The number of ether oxygens (including phenoxy) is 2. The number of esters is 1. The summed E-state index contributed by atoms with van der Waals surface area (Å²) in [7, 11) is 0. The molecule has 31 heavy (non-hydrogen) atoms. The van der Waals surface area contributed by atoms with Crippen LogP contribution in [0, 0.1) is 0 Å². The first-order chi connectivity index (χ1) is 15.0. The maximum absolute atomic E-state index is 12.2. The normalized spacial score (nSPS) is 10.2. The van der Waals surface area contributed by atoms with Crippen molar-refractivity contribution in [3.63, 3.8) is 0 Å². The van der Waals surface area contributed by atoms with Crippen LogP contribution in [0.5, 0.6) is 11.5 Å². The molecule has 1 N–H and O–H groups in total. The molecule has 3 aromatic rings. The van der Waals surface area contributed by atoms with Crippen molar-refractivity contribution in [1.82, 2.24) is 5.32 Å². The molecule has 0 heterocycles. The van der Waals surface area contributed by atoms with Gasteiger partial charge in [-0.05, 0) is 54.8 Å². The fraction of sp³-hybridized carbons (Fsp3) is 0.125. The molecule has 0 aliphatic rings. The molecule has 0 atom stereocenters. The van der Waals surface area contributed by atoms with Crippen molar-refractivity contribution >= 4 is 29.4 Å². The molecule has 0 aromatic heterocycles. The summed E-state index contributed by atoms with van der Waals surface area (Å²) in [6.45, 7) is -0.710. The van der Waals surface area contributed by atoms with Gasteiger partial charge in [-0.2, -0.15) is 0 Å². The molecule has 0 aliphatic carbocycles. The van der Waals surface area contributed by atoms with Gasteiger partial charge in [0, 0.05) is 16.0 Å². The third kappa shape index (κ3) is 6.72. The highest BCUT2D eigenvalue weighted by atomic mass is 32.2. The second-order valence-electron chi connectivity index (χ2n) is 6.43. The van der Waals surface area contributed by atoms with Crippen molar-refractivity contribution in [2.75, 3.05) is 19.4 Å². The van der Waals surface area contributed by atoms with Crippen LogP contribution in [-0.4, -0.2) is 37.1 Å². The van der Waals surface area contributed by atoms with Gasteiger partial charge in [-0.1, -0.05) is 30.3 Å². The lowest BCUT2D eigenvalue weighted by molar-refractivity contribution is -0.141. The highest BCUT2D eigenvalue weighted by Gasteiger charge is 2.12. The Hall–Kier alpha value is -3.58. The minimum Gasteiger partial charge on any atom is -0.457 e. The number of hydrogen-bond acceptors (Lipinski definition) is 6. The van der Waals surface area contributed by atoms with E-state index in [-0.39, 0.29) is 18.9 Å². The van der Waals surface area contributed by atoms with Gasteiger partial charge in [-0.15, -0.1) is 11.8 Å². The molecule has 158 valence electrons. The lowest BCUT2D eigenvalue weighted by Crippen LogP contribution is -2.31. The maximum atomic E-state index is 12.2. The predicted octanol–water partition coefficient (Wildman–Crippen LogP) is 4.36. The van der Waals surface area contributed by atoms with E-state index in [1.807, 2.05) is 48.7 Å². The number of rotatable bonds is 9. The van der Waals surface area contributed by atoms with E-state index in [9.17, 15) is 14.4 Å². The van der Waals surface area contributed by atoms with Gasteiger partial charge >= 0.3 is 5.97 Å². The Balaban J connectivity index is 1.43. The van der Waals surface area contributed by atoms with Crippen molar-refractivity contribution < 1.29 is 23.9 Å². The summed E-state index contributed by atoms with van der Waals surface area (Å²) in [5.74, 6) is -0.140. The molecule has 0 unspecified atom stereocenters. The van der Waals surface area contributed by atoms with Crippen molar-refractivity contribution in [3.8, 4) is 11.5 Å². The van der Waals surface area contributed by atoms with E-state index in [4.69, 9.17) is 9.47 Å². The predicted molar refractivity (Wildman–Crippen MR) is 119 cm³/mol. The minimum atomic E-state index is -0.688. The van der Waals surface area contributed by atoms with Gasteiger partial charge in [0.05, 0.1) is 0 Å². The number of carbonyl (C=O) groups excluding carboxylic acids is 3. The number of nitrogens with one attached hydrogen (secondary N) is 1. The van der Waals surface area contributed by atoms with E-state index in [1.54, 1.807) is 48.2 Å². The number of ketones is 1. The van der Waals surface area contributed by atoms with Gasteiger partial charge in [0.15, 0.2) is 12.4 Å². The second-order valence-corrected chi connectivity index (χ2v) is 7.31. The number of Topliss-reactive ketones (excluding diaryl/α,β-unsaturated/α-hetero) is 1. The molecule has 0 radical (unpaired) electrons. The zero-order valence-electron chi connectivity index (χ0n) is 16.9. The van der Waals surface area contributed by atoms with Crippen LogP contribution in [0.15, 0.2) is 83.8 Å². The zero-order chi connectivity index (χ0) is 22.1. The maximum Gasteiger partial charge on any atom is 0.325 e. The van der Waals surface area contributed by atoms with Gasteiger partial charge in [0.2, 0.25) is 0 Å². The third-order valence-electron chi connectivity index (χ3n) is 4.26. The van der Waals surface area contributed by atoms with Crippen LogP contribution in [0.3, 0.4) is 0 Å². The number of carbonyl (C=O) groups is 3. The standard InChI is InChI=1S/C24H21NO5S/c1-31-21-13-9-17(10-14-21)22(26)16-29-23(27)15-25-24(28)18-7-11-20(12-8-18)30-19-5-3-2-4-6-19/h2-14H,15-16H2,1H3,(H,25,28). The van der Waals surface area contributed by atoms with Gasteiger partial charge in [0.1, 0.15) is 18.0 Å². The Morgan fingerprint density at radius 1 is 0.806 bits per heavy atom. The molecule has 6 nitrogen and oxygen atoms in total. The summed E-state index contributed by atoms with van der Waals surface area (Å²) in [5, 5.41) is 2.48. The SMILES string of the molecule is CSc1ccc(C(=O)COC(=O)CNC(=O)c2ccc(Oc3ccccc3)cc2)cc1. The van der Waals surface area contributed by atoms with E-state index in [0.717, 1.165) is 4.90 Å². The summed E-state index contributed by atoms with van der Waals surface area (Å²) in [6, 6.07) is 22.9. The zero-order valence-corrected chi connectivity index (χ0v) is 17.7. The van der Waals surface area contributed by atoms with E-state index >= 15 is 0 Å². The van der Waals surface area contributed by atoms with Crippen LogP contribution in [0.2, 0.25) is 0 Å². The molecule has 0 bridgehead atoms. The third-order valence-corrected chi connectivity index (χ3v) is 5.01.